The average molecular weight is 319 g/mol. The third-order valence-electron chi connectivity index (χ3n) is 5.56. The van der Waals surface area contributed by atoms with E-state index >= 15 is 0 Å². The molecule has 2 aromatic carbocycles. The SMILES string of the molecule is CC=Cc1c2cccc3c4c(cc(c23)n1C(C)CCC)CC[N+]=4C. The summed E-state index contributed by atoms with van der Waals surface area (Å²) in [6.07, 6.45) is 8.05. The van der Waals surface area contributed by atoms with Gasteiger partial charge < -0.3 is 4.57 Å². The molecule has 1 unspecified atom stereocenters. The Hall–Kier alpha value is -2.09. The van der Waals surface area contributed by atoms with Gasteiger partial charge in [0.1, 0.15) is 13.6 Å². The van der Waals surface area contributed by atoms with Gasteiger partial charge in [0.2, 0.25) is 5.36 Å². The maximum absolute atomic E-state index is 2.58. The van der Waals surface area contributed by atoms with Gasteiger partial charge in [0, 0.05) is 34.5 Å². The zero-order valence-electron chi connectivity index (χ0n) is 15.3. The van der Waals surface area contributed by atoms with Gasteiger partial charge in [0.05, 0.1) is 10.9 Å². The van der Waals surface area contributed by atoms with E-state index in [9.17, 15) is 0 Å². The van der Waals surface area contributed by atoms with Crippen LogP contribution < -0.4 is 9.93 Å². The highest BCUT2D eigenvalue weighted by Gasteiger charge is 2.25. The van der Waals surface area contributed by atoms with Crippen LogP contribution in [0.1, 0.15) is 50.9 Å². The topological polar surface area (TPSA) is 7.94 Å². The molecule has 0 amide bonds. The average Bonchev–Trinajstić information content (AvgIpc) is 3.09. The van der Waals surface area contributed by atoms with Crippen molar-refractivity contribution in [3.8, 4) is 0 Å². The number of allylic oxidation sites excluding steroid dienone is 1. The molecule has 1 atom stereocenters. The molecule has 124 valence electrons. The number of benzene rings is 2. The van der Waals surface area contributed by atoms with Crippen LogP contribution in [-0.4, -0.2) is 18.2 Å². The van der Waals surface area contributed by atoms with Crippen molar-refractivity contribution in [1.29, 1.82) is 0 Å². The van der Waals surface area contributed by atoms with Gasteiger partial charge in [-0.2, -0.15) is 0 Å². The van der Waals surface area contributed by atoms with Crippen molar-refractivity contribution in [3.63, 3.8) is 0 Å². The third kappa shape index (κ3) is 2.05. The van der Waals surface area contributed by atoms with Crippen LogP contribution in [0, 0.1) is 0 Å². The number of likely N-dealkylation sites (N-methyl/N-ethyl adjacent to an activating group) is 1. The normalized spacial score (nSPS) is 15.9. The summed E-state index contributed by atoms with van der Waals surface area (Å²) < 4.78 is 5.01. The molecule has 3 aromatic rings. The van der Waals surface area contributed by atoms with E-state index < -0.39 is 0 Å². The maximum Gasteiger partial charge on any atom is 0.211 e. The Bertz CT molecular complexity index is 1000. The first-order chi connectivity index (χ1) is 11.7. The van der Waals surface area contributed by atoms with Gasteiger partial charge in [0.25, 0.3) is 0 Å². The molecule has 24 heavy (non-hydrogen) atoms. The molecular weight excluding hydrogens is 292 g/mol. The highest BCUT2D eigenvalue weighted by Crippen LogP contribution is 2.36. The van der Waals surface area contributed by atoms with Gasteiger partial charge in [-0.15, -0.1) is 0 Å². The van der Waals surface area contributed by atoms with Gasteiger partial charge in [-0.25, -0.2) is 4.58 Å². The number of hydrogen-bond acceptors (Lipinski definition) is 0. The third-order valence-corrected chi connectivity index (χ3v) is 5.56. The van der Waals surface area contributed by atoms with Crippen LogP contribution >= 0.6 is 0 Å². The van der Waals surface area contributed by atoms with Gasteiger partial charge in [0.15, 0.2) is 0 Å². The highest BCUT2D eigenvalue weighted by atomic mass is 15.0. The van der Waals surface area contributed by atoms with E-state index in [1.807, 2.05) is 0 Å². The minimum Gasteiger partial charge on any atom is -0.338 e. The van der Waals surface area contributed by atoms with Gasteiger partial charge >= 0.3 is 0 Å². The Balaban J connectivity index is 2.20. The highest BCUT2D eigenvalue weighted by molar-refractivity contribution is 6.13. The summed E-state index contributed by atoms with van der Waals surface area (Å²) in [5.74, 6) is 0. The second-order valence-corrected chi connectivity index (χ2v) is 7.20. The van der Waals surface area contributed by atoms with Crippen LogP contribution in [0.15, 0.2) is 30.3 Å². The zero-order chi connectivity index (χ0) is 16.8. The molecular formula is C22H27N2+. The van der Waals surface area contributed by atoms with E-state index in [1.54, 1.807) is 0 Å². The Morgan fingerprint density at radius 2 is 2.08 bits per heavy atom. The monoisotopic (exact) mass is 319 g/mol. The lowest BCUT2D eigenvalue weighted by molar-refractivity contribution is 0.513. The predicted molar refractivity (Wildman–Crippen MR) is 105 cm³/mol. The summed E-state index contributed by atoms with van der Waals surface area (Å²) in [4.78, 5) is 0. The molecule has 0 aliphatic carbocycles. The minimum absolute atomic E-state index is 0.522. The fraction of sp³-hybridized carbons (Fsp3) is 0.409. The van der Waals surface area contributed by atoms with Crippen LogP contribution in [0.2, 0.25) is 0 Å². The van der Waals surface area contributed by atoms with Crippen LogP contribution in [0.4, 0.5) is 0 Å². The molecule has 2 heterocycles. The number of fused-ring (bicyclic) bond motifs is 2. The first kappa shape index (κ1) is 15.4. The van der Waals surface area contributed by atoms with Crippen molar-refractivity contribution in [2.45, 2.75) is 46.1 Å². The summed E-state index contributed by atoms with van der Waals surface area (Å²) in [7, 11) is 2.23. The molecule has 0 fully saturated rings. The molecule has 1 aliphatic heterocycles. The maximum atomic E-state index is 2.58. The van der Waals surface area contributed by atoms with Gasteiger partial charge in [-0.3, -0.25) is 0 Å². The van der Waals surface area contributed by atoms with E-state index in [0.29, 0.717) is 6.04 Å². The fourth-order valence-electron chi connectivity index (χ4n) is 4.56. The molecule has 0 spiro atoms. The van der Waals surface area contributed by atoms with Crippen molar-refractivity contribution in [3.05, 3.63) is 47.0 Å². The standard InChI is InChI=1S/C22H27N2/c1-5-8-15(3)24-19(9-6-2)17-10-7-11-18-21(17)20(24)14-16-12-13-23(4)22(16)18/h6-7,9-11,14-15H,5,8,12-13H2,1-4H3/q+1. The Morgan fingerprint density at radius 1 is 1.29 bits per heavy atom. The number of nitrogens with zero attached hydrogens (tertiary/aromatic N) is 2. The van der Waals surface area contributed by atoms with E-state index in [4.69, 9.17) is 0 Å². The quantitative estimate of drug-likeness (QED) is 0.622. The van der Waals surface area contributed by atoms with Crippen LogP contribution in [0.3, 0.4) is 0 Å². The molecule has 1 aliphatic rings. The number of hydrogen-bond donors (Lipinski definition) is 0. The zero-order valence-corrected chi connectivity index (χ0v) is 15.3. The lowest BCUT2D eigenvalue weighted by atomic mass is 10.0. The first-order valence-electron chi connectivity index (χ1n) is 9.26. The molecule has 1 aromatic heterocycles. The van der Waals surface area contributed by atoms with Crippen LogP contribution in [-0.2, 0) is 6.42 Å². The number of rotatable bonds is 4. The first-order valence-corrected chi connectivity index (χ1v) is 9.26. The summed E-state index contributed by atoms with van der Waals surface area (Å²) in [5, 5.41) is 5.71. The molecule has 4 rings (SSSR count). The van der Waals surface area contributed by atoms with Gasteiger partial charge in [-0.1, -0.05) is 31.6 Å². The van der Waals surface area contributed by atoms with E-state index in [0.717, 1.165) is 13.0 Å². The van der Waals surface area contributed by atoms with E-state index in [1.165, 1.54) is 51.1 Å². The van der Waals surface area contributed by atoms with Crippen molar-refractivity contribution in [1.82, 2.24) is 9.14 Å². The number of aromatic nitrogens is 1. The molecule has 2 heteroatoms. The molecule has 0 radical (unpaired) electrons. The predicted octanol–water partition coefficient (Wildman–Crippen LogP) is 4.58. The van der Waals surface area contributed by atoms with E-state index in [-0.39, 0.29) is 0 Å². The summed E-state index contributed by atoms with van der Waals surface area (Å²) in [6, 6.07) is 9.82. The largest absolute Gasteiger partial charge is 0.338 e. The lowest BCUT2D eigenvalue weighted by Gasteiger charge is -2.17. The summed E-state index contributed by atoms with van der Waals surface area (Å²) in [5.41, 5.74) is 4.29. The second-order valence-electron chi connectivity index (χ2n) is 7.20. The Labute approximate surface area is 144 Å². The smallest absolute Gasteiger partial charge is 0.211 e. The van der Waals surface area contributed by atoms with E-state index in [2.05, 4.69) is 73.4 Å². The Kier molecular flexibility index (Phi) is 3.71. The second kappa shape index (κ2) is 5.77. The lowest BCUT2D eigenvalue weighted by Crippen LogP contribution is -2.22. The molecule has 0 N–H and O–H groups in total. The van der Waals surface area contributed by atoms with Crippen molar-refractivity contribution in [2.24, 2.45) is 0 Å². The van der Waals surface area contributed by atoms with Crippen LogP contribution in [0.5, 0.6) is 0 Å². The minimum atomic E-state index is 0.522. The van der Waals surface area contributed by atoms with Crippen molar-refractivity contribution >= 4 is 27.8 Å². The molecule has 0 bridgehead atoms. The fourth-order valence-corrected chi connectivity index (χ4v) is 4.56. The molecule has 0 saturated carbocycles. The van der Waals surface area contributed by atoms with Gasteiger partial charge in [-0.05, 0) is 38.5 Å². The Morgan fingerprint density at radius 3 is 2.83 bits per heavy atom. The van der Waals surface area contributed by atoms with Crippen molar-refractivity contribution < 1.29 is 0 Å². The molecule has 2 nitrogen and oxygen atoms in total. The summed E-state index contributed by atoms with van der Waals surface area (Å²) >= 11 is 0. The van der Waals surface area contributed by atoms with Crippen molar-refractivity contribution in [2.75, 3.05) is 13.6 Å². The van der Waals surface area contributed by atoms with Crippen LogP contribution in [0.25, 0.3) is 27.8 Å². The summed E-state index contributed by atoms with van der Waals surface area (Å²) in [6.45, 7) is 7.90. The molecule has 0 saturated heterocycles.